The Morgan fingerprint density at radius 3 is 2.87 bits per heavy atom. The highest BCUT2D eigenvalue weighted by Crippen LogP contribution is 2.27. The molecule has 0 aliphatic heterocycles. The molecule has 1 heterocycles. The van der Waals surface area contributed by atoms with Crippen molar-refractivity contribution in [1.29, 1.82) is 0 Å². The van der Waals surface area contributed by atoms with Gasteiger partial charge >= 0.3 is 0 Å². The van der Waals surface area contributed by atoms with E-state index in [0.717, 1.165) is 10.0 Å². The van der Waals surface area contributed by atoms with E-state index in [-0.39, 0.29) is 5.91 Å². The van der Waals surface area contributed by atoms with E-state index < -0.39 is 6.10 Å². The number of rotatable bonds is 6. The number of benzene rings is 1. The molecule has 6 heteroatoms. The van der Waals surface area contributed by atoms with E-state index in [1.807, 2.05) is 32.0 Å². The van der Waals surface area contributed by atoms with Gasteiger partial charge in [-0.25, -0.2) is 4.98 Å². The van der Waals surface area contributed by atoms with Crippen LogP contribution in [0.5, 0.6) is 11.6 Å². The third kappa shape index (κ3) is 4.69. The fourth-order valence-electron chi connectivity index (χ4n) is 1.92. The molecule has 0 spiro atoms. The summed E-state index contributed by atoms with van der Waals surface area (Å²) in [6.45, 7) is 6.02. The second-order valence-corrected chi connectivity index (χ2v) is 5.83. The molecule has 1 amide bonds. The minimum absolute atomic E-state index is 0.272. The number of amides is 1. The van der Waals surface area contributed by atoms with Gasteiger partial charge in [-0.2, -0.15) is 0 Å². The van der Waals surface area contributed by atoms with Gasteiger partial charge in [0.15, 0.2) is 6.10 Å². The number of hydrogen-bond donors (Lipinski definition) is 1. The van der Waals surface area contributed by atoms with Gasteiger partial charge in [0.1, 0.15) is 11.4 Å². The molecule has 0 radical (unpaired) electrons. The maximum atomic E-state index is 12.3. The van der Waals surface area contributed by atoms with E-state index in [0.29, 0.717) is 23.9 Å². The number of pyridine rings is 1. The molecule has 23 heavy (non-hydrogen) atoms. The van der Waals surface area contributed by atoms with Gasteiger partial charge in [-0.15, -0.1) is 0 Å². The second kappa shape index (κ2) is 7.97. The normalized spacial score (nSPS) is 11.7. The SMILES string of the molecule is CCOc1ncccc1NC(=O)C(C)Oc1ccc(C)cc1Br. The third-order valence-electron chi connectivity index (χ3n) is 3.07. The minimum atomic E-state index is -0.663. The average Bonchev–Trinajstić information content (AvgIpc) is 2.52. The number of nitrogens with zero attached hydrogens (tertiary/aromatic N) is 1. The number of halogens is 1. The highest BCUT2D eigenvalue weighted by Gasteiger charge is 2.18. The monoisotopic (exact) mass is 378 g/mol. The number of aryl methyl sites for hydroxylation is 1. The summed E-state index contributed by atoms with van der Waals surface area (Å²) in [6, 6.07) is 9.18. The Labute approximate surface area is 144 Å². The van der Waals surface area contributed by atoms with Crippen LogP contribution in [-0.4, -0.2) is 23.6 Å². The molecule has 1 N–H and O–H groups in total. The lowest BCUT2D eigenvalue weighted by Crippen LogP contribution is -2.30. The van der Waals surface area contributed by atoms with Gasteiger partial charge < -0.3 is 14.8 Å². The number of ether oxygens (including phenoxy) is 2. The number of nitrogens with one attached hydrogen (secondary N) is 1. The summed E-state index contributed by atoms with van der Waals surface area (Å²) in [5, 5.41) is 2.78. The van der Waals surface area contributed by atoms with Gasteiger partial charge in [0.2, 0.25) is 5.88 Å². The first-order chi connectivity index (χ1) is 11.0. The van der Waals surface area contributed by atoms with Crippen LogP contribution in [0.4, 0.5) is 5.69 Å². The van der Waals surface area contributed by atoms with Crippen LogP contribution in [0.15, 0.2) is 41.0 Å². The lowest BCUT2D eigenvalue weighted by Gasteiger charge is -2.17. The van der Waals surface area contributed by atoms with Crippen molar-refractivity contribution in [2.24, 2.45) is 0 Å². The maximum Gasteiger partial charge on any atom is 0.265 e. The van der Waals surface area contributed by atoms with Crippen LogP contribution in [0.1, 0.15) is 19.4 Å². The zero-order valence-electron chi connectivity index (χ0n) is 13.3. The lowest BCUT2D eigenvalue weighted by atomic mass is 10.2. The molecule has 2 aromatic rings. The van der Waals surface area contributed by atoms with Gasteiger partial charge in [0.25, 0.3) is 5.91 Å². The maximum absolute atomic E-state index is 12.3. The number of carbonyl (C=O) groups is 1. The Bertz CT molecular complexity index is 691. The first-order valence-electron chi connectivity index (χ1n) is 7.32. The molecule has 0 saturated heterocycles. The van der Waals surface area contributed by atoms with Gasteiger partial charge in [-0.1, -0.05) is 6.07 Å². The van der Waals surface area contributed by atoms with Crippen molar-refractivity contribution in [2.45, 2.75) is 26.9 Å². The standard InChI is InChI=1S/C17H19BrN2O3/c1-4-22-17-14(6-5-9-19-17)20-16(21)12(3)23-15-8-7-11(2)10-13(15)18/h5-10,12H,4H2,1-3H3,(H,20,21). The molecule has 5 nitrogen and oxygen atoms in total. The van der Waals surface area contributed by atoms with Crippen LogP contribution in [0.25, 0.3) is 0 Å². The van der Waals surface area contributed by atoms with Crippen LogP contribution in [-0.2, 0) is 4.79 Å². The van der Waals surface area contributed by atoms with E-state index >= 15 is 0 Å². The molecule has 0 saturated carbocycles. The molecule has 1 atom stereocenters. The molecule has 0 aliphatic carbocycles. The van der Waals surface area contributed by atoms with Gasteiger partial charge in [-0.3, -0.25) is 4.79 Å². The van der Waals surface area contributed by atoms with Crippen molar-refractivity contribution < 1.29 is 14.3 Å². The quantitative estimate of drug-likeness (QED) is 0.826. The molecule has 122 valence electrons. The Balaban J connectivity index is 2.05. The smallest absolute Gasteiger partial charge is 0.265 e. The summed E-state index contributed by atoms with van der Waals surface area (Å²) >= 11 is 3.44. The van der Waals surface area contributed by atoms with Gasteiger partial charge in [0.05, 0.1) is 11.1 Å². The van der Waals surface area contributed by atoms with E-state index in [9.17, 15) is 4.79 Å². The molecular weight excluding hydrogens is 360 g/mol. The molecule has 1 unspecified atom stereocenters. The van der Waals surface area contributed by atoms with Gasteiger partial charge in [-0.05, 0) is 66.5 Å². The number of anilines is 1. The second-order valence-electron chi connectivity index (χ2n) is 4.97. The summed E-state index contributed by atoms with van der Waals surface area (Å²) < 4.78 is 11.9. The van der Waals surface area contributed by atoms with Crippen molar-refractivity contribution >= 4 is 27.5 Å². The highest BCUT2D eigenvalue weighted by molar-refractivity contribution is 9.10. The number of hydrogen-bond acceptors (Lipinski definition) is 4. The topological polar surface area (TPSA) is 60.5 Å². The van der Waals surface area contributed by atoms with Gasteiger partial charge in [0, 0.05) is 6.20 Å². The van der Waals surface area contributed by atoms with Crippen molar-refractivity contribution in [3.05, 3.63) is 46.6 Å². The Morgan fingerprint density at radius 2 is 2.17 bits per heavy atom. The predicted molar refractivity (Wildman–Crippen MR) is 93.0 cm³/mol. The minimum Gasteiger partial charge on any atom is -0.480 e. The highest BCUT2D eigenvalue weighted by atomic mass is 79.9. The zero-order valence-corrected chi connectivity index (χ0v) is 14.9. The molecule has 0 bridgehead atoms. The largest absolute Gasteiger partial charge is 0.480 e. The van der Waals surface area contributed by atoms with E-state index in [2.05, 4.69) is 26.2 Å². The Kier molecular flexibility index (Phi) is 5.98. The predicted octanol–water partition coefficient (Wildman–Crippen LogP) is 3.96. The summed E-state index contributed by atoms with van der Waals surface area (Å²) in [7, 11) is 0. The molecule has 0 aliphatic rings. The van der Waals surface area contributed by atoms with E-state index in [4.69, 9.17) is 9.47 Å². The van der Waals surface area contributed by atoms with Crippen molar-refractivity contribution in [3.8, 4) is 11.6 Å². The molecule has 0 fully saturated rings. The third-order valence-corrected chi connectivity index (χ3v) is 3.69. The first kappa shape index (κ1) is 17.3. The Morgan fingerprint density at radius 1 is 1.39 bits per heavy atom. The first-order valence-corrected chi connectivity index (χ1v) is 8.12. The van der Waals surface area contributed by atoms with E-state index in [1.54, 1.807) is 25.3 Å². The van der Waals surface area contributed by atoms with Crippen LogP contribution in [0.2, 0.25) is 0 Å². The summed E-state index contributed by atoms with van der Waals surface area (Å²) in [5.41, 5.74) is 1.64. The summed E-state index contributed by atoms with van der Waals surface area (Å²) in [6.07, 6.45) is 0.952. The summed E-state index contributed by atoms with van der Waals surface area (Å²) in [5.74, 6) is 0.743. The Hall–Kier alpha value is -2.08. The van der Waals surface area contributed by atoms with Crippen LogP contribution in [0, 0.1) is 6.92 Å². The molecule has 1 aromatic heterocycles. The number of carbonyl (C=O) groups excluding carboxylic acids is 1. The fraction of sp³-hybridized carbons (Fsp3) is 0.294. The molecule has 2 rings (SSSR count). The van der Waals surface area contributed by atoms with Crippen molar-refractivity contribution in [1.82, 2.24) is 4.98 Å². The van der Waals surface area contributed by atoms with Crippen LogP contribution < -0.4 is 14.8 Å². The zero-order chi connectivity index (χ0) is 16.8. The number of aromatic nitrogens is 1. The van der Waals surface area contributed by atoms with E-state index in [1.165, 1.54) is 0 Å². The van der Waals surface area contributed by atoms with Crippen molar-refractivity contribution in [3.63, 3.8) is 0 Å². The fourth-order valence-corrected chi connectivity index (χ4v) is 2.50. The van der Waals surface area contributed by atoms with Crippen molar-refractivity contribution in [2.75, 3.05) is 11.9 Å². The summed E-state index contributed by atoms with van der Waals surface area (Å²) in [4.78, 5) is 16.4. The average molecular weight is 379 g/mol. The lowest BCUT2D eigenvalue weighted by molar-refractivity contribution is -0.122. The van der Waals surface area contributed by atoms with Crippen LogP contribution in [0.3, 0.4) is 0 Å². The molecular formula is C17H19BrN2O3. The molecule has 1 aromatic carbocycles. The van der Waals surface area contributed by atoms with Crippen LogP contribution >= 0.6 is 15.9 Å².